The van der Waals surface area contributed by atoms with Crippen molar-refractivity contribution < 1.29 is 14.3 Å². The fourth-order valence-corrected chi connectivity index (χ4v) is 4.91. The van der Waals surface area contributed by atoms with Crippen molar-refractivity contribution in [3.63, 3.8) is 0 Å². The Kier molecular flexibility index (Phi) is 6.41. The number of benzene rings is 1. The van der Waals surface area contributed by atoms with Gasteiger partial charge in [-0.3, -0.25) is 9.59 Å². The lowest BCUT2D eigenvalue weighted by atomic mass is 10.1. The molecule has 4 rings (SSSR count). The van der Waals surface area contributed by atoms with E-state index < -0.39 is 12.1 Å². The topological polar surface area (TPSA) is 72.4 Å². The Hall–Kier alpha value is -2.45. The molecule has 1 aliphatic heterocycles. The first kappa shape index (κ1) is 19.8. The van der Waals surface area contributed by atoms with Crippen LogP contribution in [0, 0.1) is 0 Å². The fraction of sp³-hybridized carbons (Fsp3) is 0.333. The molecule has 0 aliphatic carbocycles. The van der Waals surface area contributed by atoms with Gasteiger partial charge in [0.2, 0.25) is 6.10 Å². The highest BCUT2D eigenvalue weighted by Gasteiger charge is 2.30. The molecule has 6 nitrogen and oxygen atoms in total. The largest absolute Gasteiger partial charge is 0.447 e. The third-order valence-electron chi connectivity index (χ3n) is 4.80. The molecule has 1 amide bonds. The van der Waals surface area contributed by atoms with Gasteiger partial charge in [0.05, 0.1) is 5.75 Å². The number of fused-ring (bicyclic) bond motifs is 1. The van der Waals surface area contributed by atoms with Gasteiger partial charge in [-0.1, -0.05) is 42.1 Å². The van der Waals surface area contributed by atoms with Crippen LogP contribution in [0.1, 0.15) is 30.9 Å². The lowest BCUT2D eigenvalue weighted by Crippen LogP contribution is -2.40. The summed E-state index contributed by atoms with van der Waals surface area (Å²) in [5, 5.41) is 3.62. The van der Waals surface area contributed by atoms with Gasteiger partial charge in [-0.15, -0.1) is 11.3 Å². The number of aromatic nitrogens is 2. The summed E-state index contributed by atoms with van der Waals surface area (Å²) in [4.78, 5) is 36.9. The van der Waals surface area contributed by atoms with Crippen molar-refractivity contribution in [1.29, 1.82) is 0 Å². The molecule has 0 saturated carbocycles. The molecule has 1 aliphatic rings. The first-order chi connectivity index (χ1) is 14.2. The van der Waals surface area contributed by atoms with Crippen molar-refractivity contribution in [3.8, 4) is 0 Å². The normalized spacial score (nSPS) is 15.2. The number of likely N-dealkylation sites (tertiary alicyclic amines) is 1. The van der Waals surface area contributed by atoms with E-state index >= 15 is 0 Å². The molecule has 3 heterocycles. The lowest BCUT2D eigenvalue weighted by molar-refractivity contribution is -0.159. The molecule has 1 unspecified atom stereocenters. The third-order valence-corrected chi connectivity index (χ3v) is 6.60. The van der Waals surface area contributed by atoms with Crippen LogP contribution >= 0.6 is 23.1 Å². The Balaban J connectivity index is 1.46. The molecule has 1 atom stereocenters. The molecule has 150 valence electrons. The summed E-state index contributed by atoms with van der Waals surface area (Å²) in [6.45, 7) is 1.43. The van der Waals surface area contributed by atoms with Crippen molar-refractivity contribution in [2.24, 2.45) is 0 Å². The molecule has 1 saturated heterocycles. The van der Waals surface area contributed by atoms with E-state index in [1.807, 2.05) is 41.8 Å². The number of piperidine rings is 1. The maximum Gasteiger partial charge on any atom is 0.317 e. The first-order valence-electron chi connectivity index (χ1n) is 9.56. The van der Waals surface area contributed by atoms with E-state index in [2.05, 4.69) is 9.97 Å². The number of carbonyl (C=O) groups excluding carboxylic acids is 2. The Morgan fingerprint density at radius 2 is 1.90 bits per heavy atom. The van der Waals surface area contributed by atoms with E-state index in [1.54, 1.807) is 4.90 Å². The second-order valence-electron chi connectivity index (χ2n) is 6.77. The molecule has 1 aromatic carbocycles. The molecule has 29 heavy (non-hydrogen) atoms. The van der Waals surface area contributed by atoms with E-state index in [0.717, 1.165) is 34.5 Å². The van der Waals surface area contributed by atoms with Crippen LogP contribution in [0.15, 0.2) is 53.1 Å². The molecule has 0 radical (unpaired) electrons. The third kappa shape index (κ3) is 4.76. The summed E-state index contributed by atoms with van der Waals surface area (Å²) in [6, 6.07) is 11.2. The number of carbonyl (C=O) groups is 2. The van der Waals surface area contributed by atoms with Crippen LogP contribution in [0.4, 0.5) is 0 Å². The number of thioether (sulfide) groups is 1. The number of nitrogens with zero attached hydrogens (tertiary/aromatic N) is 3. The maximum atomic E-state index is 13.1. The van der Waals surface area contributed by atoms with Gasteiger partial charge in [0.25, 0.3) is 5.91 Å². The van der Waals surface area contributed by atoms with Crippen LogP contribution in [0.5, 0.6) is 0 Å². The first-order valence-corrected chi connectivity index (χ1v) is 11.4. The minimum absolute atomic E-state index is 0.0819. The van der Waals surface area contributed by atoms with E-state index in [4.69, 9.17) is 4.74 Å². The second kappa shape index (κ2) is 9.37. The Labute approximate surface area is 177 Å². The van der Waals surface area contributed by atoms with Gasteiger partial charge in [0.15, 0.2) is 0 Å². The Morgan fingerprint density at radius 1 is 1.10 bits per heavy atom. The zero-order valence-corrected chi connectivity index (χ0v) is 17.5. The minimum atomic E-state index is -0.908. The van der Waals surface area contributed by atoms with Crippen molar-refractivity contribution >= 4 is 45.2 Å². The lowest BCUT2D eigenvalue weighted by Gasteiger charge is -2.30. The predicted octanol–water partition coefficient (Wildman–Crippen LogP) is 4.08. The quantitative estimate of drug-likeness (QED) is 0.335. The zero-order valence-electron chi connectivity index (χ0n) is 15.8. The Morgan fingerprint density at radius 3 is 2.69 bits per heavy atom. The highest BCUT2D eigenvalue weighted by Crippen LogP contribution is 2.29. The van der Waals surface area contributed by atoms with Crippen molar-refractivity contribution in [2.45, 2.75) is 30.4 Å². The smallest absolute Gasteiger partial charge is 0.317 e. The summed E-state index contributed by atoms with van der Waals surface area (Å²) in [7, 11) is 0. The number of thiophene rings is 1. The number of ether oxygens (including phenoxy) is 1. The van der Waals surface area contributed by atoms with Crippen LogP contribution in [-0.2, 0) is 14.3 Å². The SMILES string of the molecule is O=C(CSc1ncnc2sccc12)OC(C(=O)N1CCCCC1)c1ccccc1. The second-order valence-corrected chi connectivity index (χ2v) is 8.63. The summed E-state index contributed by atoms with van der Waals surface area (Å²) in [5.41, 5.74) is 0.698. The molecular weight excluding hydrogens is 406 g/mol. The summed E-state index contributed by atoms with van der Waals surface area (Å²) in [6.07, 6.45) is 3.70. The highest BCUT2D eigenvalue weighted by molar-refractivity contribution is 8.00. The van der Waals surface area contributed by atoms with Gasteiger partial charge in [-0.2, -0.15) is 0 Å². The number of rotatable bonds is 6. The van der Waals surface area contributed by atoms with Crippen molar-refractivity contribution in [1.82, 2.24) is 14.9 Å². The van der Waals surface area contributed by atoms with Gasteiger partial charge in [0, 0.05) is 24.0 Å². The Bertz CT molecular complexity index is 987. The molecule has 0 spiro atoms. The van der Waals surface area contributed by atoms with E-state index in [-0.39, 0.29) is 11.7 Å². The molecule has 0 bridgehead atoms. The summed E-state index contributed by atoms with van der Waals surface area (Å²) >= 11 is 2.84. The van der Waals surface area contributed by atoms with Gasteiger partial charge in [-0.05, 0) is 30.7 Å². The molecule has 0 N–H and O–H groups in total. The average Bonchev–Trinajstić information content (AvgIpc) is 3.26. The average molecular weight is 428 g/mol. The van der Waals surface area contributed by atoms with Crippen LogP contribution in [0.3, 0.4) is 0 Å². The van der Waals surface area contributed by atoms with E-state index in [9.17, 15) is 9.59 Å². The zero-order chi connectivity index (χ0) is 20.1. The van der Waals surface area contributed by atoms with E-state index in [1.165, 1.54) is 29.4 Å². The van der Waals surface area contributed by atoms with Crippen molar-refractivity contribution in [2.75, 3.05) is 18.8 Å². The van der Waals surface area contributed by atoms with Gasteiger partial charge >= 0.3 is 5.97 Å². The molecule has 2 aromatic heterocycles. The number of hydrogen-bond acceptors (Lipinski definition) is 7. The molecule has 8 heteroatoms. The van der Waals surface area contributed by atoms with Crippen LogP contribution in [0.2, 0.25) is 0 Å². The maximum absolute atomic E-state index is 13.1. The van der Waals surface area contributed by atoms with E-state index in [0.29, 0.717) is 18.7 Å². The summed E-state index contributed by atoms with van der Waals surface area (Å²) < 4.78 is 5.68. The predicted molar refractivity (Wildman–Crippen MR) is 114 cm³/mol. The molecular formula is C21H21N3O3S2. The highest BCUT2D eigenvalue weighted by atomic mass is 32.2. The molecule has 3 aromatic rings. The van der Waals surface area contributed by atoms with Crippen LogP contribution in [0.25, 0.3) is 10.2 Å². The number of amides is 1. The minimum Gasteiger partial charge on any atom is -0.447 e. The van der Waals surface area contributed by atoms with Crippen LogP contribution < -0.4 is 0 Å². The van der Waals surface area contributed by atoms with Crippen molar-refractivity contribution in [3.05, 3.63) is 53.7 Å². The number of hydrogen-bond donors (Lipinski definition) is 0. The number of esters is 1. The summed E-state index contributed by atoms with van der Waals surface area (Å²) in [5.74, 6) is -0.494. The van der Waals surface area contributed by atoms with Crippen LogP contribution in [-0.4, -0.2) is 45.6 Å². The molecule has 1 fully saturated rings. The standard InChI is InChI=1S/C21H21N3O3S2/c25-17(13-29-20-16-9-12-28-19(16)22-14-23-20)27-18(15-7-3-1-4-8-15)21(26)24-10-5-2-6-11-24/h1,3-4,7-9,12,14,18H,2,5-6,10-11,13H2. The fourth-order valence-electron chi connectivity index (χ4n) is 3.34. The van der Waals surface area contributed by atoms with Gasteiger partial charge in [-0.25, -0.2) is 9.97 Å². The van der Waals surface area contributed by atoms with Gasteiger partial charge in [0.1, 0.15) is 16.2 Å². The monoisotopic (exact) mass is 427 g/mol. The van der Waals surface area contributed by atoms with Gasteiger partial charge < -0.3 is 9.64 Å².